The summed E-state index contributed by atoms with van der Waals surface area (Å²) in [5.41, 5.74) is 2.49. The van der Waals surface area contributed by atoms with Crippen LogP contribution in [0, 0.1) is 0 Å². The molecule has 2 rings (SSSR count). The zero-order valence-electron chi connectivity index (χ0n) is 63.3. The molecule has 0 aliphatic rings. The van der Waals surface area contributed by atoms with Gasteiger partial charge in [0.15, 0.2) is 0 Å². The number of rotatable bonds is 26. The highest BCUT2D eigenvalue weighted by Gasteiger charge is 2.54. The topological polar surface area (TPSA) is 174 Å². The smallest absolute Gasteiger partial charge is 0.496 e. The maximum absolute atomic E-state index is 6.00. The summed E-state index contributed by atoms with van der Waals surface area (Å²) < 4.78 is 78.7. The summed E-state index contributed by atoms with van der Waals surface area (Å²) in [6.45, 7) is 32.0. The Hall–Kier alpha value is 0.830. The molecule has 23 nitrogen and oxygen atoms in total. The minimum atomic E-state index is -3.06. The van der Waals surface area contributed by atoms with Gasteiger partial charge in [0.05, 0.1) is 0 Å². The molecule has 0 saturated heterocycles. The quantitative estimate of drug-likeness (QED) is 0.0813. The molecule has 2 aromatic rings. The third kappa shape index (κ3) is 26.0. The summed E-state index contributed by atoms with van der Waals surface area (Å²) in [4.78, 5) is 0. The molecule has 2 aromatic carbocycles. The normalized spacial score (nSPS) is 13.4. The van der Waals surface area contributed by atoms with E-state index in [4.69, 9.17) is 36.1 Å². The molecule has 34 heteroatoms. The number of hydrogen-bond acceptors (Lipinski definition) is 9. The second-order valence-electron chi connectivity index (χ2n) is 25.0. The van der Waals surface area contributed by atoms with Gasteiger partial charge in [-0.15, -0.1) is 0 Å². The predicted octanol–water partition coefficient (Wildman–Crippen LogP) is 13.9. The molecule has 88 heavy (non-hydrogen) atoms. The minimum Gasteiger partial charge on any atom is -1.00 e. The Morgan fingerprint density at radius 1 is 0.273 bits per heavy atom. The molecule has 0 spiro atoms. The Labute approximate surface area is 552 Å². The van der Waals surface area contributed by atoms with Crippen molar-refractivity contribution in [1.29, 1.82) is 0 Å². The van der Waals surface area contributed by atoms with Gasteiger partial charge in [-0.05, 0) is 261 Å². The molecule has 0 aliphatic heterocycles. The lowest BCUT2D eigenvalue weighted by Crippen LogP contribution is -3.00. The highest BCUT2D eigenvalue weighted by molar-refractivity contribution is 7.89. The van der Waals surface area contributed by atoms with Gasteiger partial charge in [-0.3, -0.25) is 37.4 Å². The van der Waals surface area contributed by atoms with Crippen LogP contribution in [-0.2, 0) is 13.1 Å². The summed E-state index contributed by atoms with van der Waals surface area (Å²) in [5.74, 6) is 0. The number of halogens is 1. The number of benzene rings is 2. The first-order valence-corrected chi connectivity index (χ1v) is 50.2. The first-order valence-electron chi connectivity index (χ1n) is 29.3. The average molecular weight is 1450 g/mol. The van der Waals surface area contributed by atoms with Gasteiger partial charge in [0.2, 0.25) is 15.0 Å². The van der Waals surface area contributed by atoms with Crippen LogP contribution >= 0.6 is 74.3 Å². The third-order valence-electron chi connectivity index (χ3n) is 14.0. The fourth-order valence-electron chi connectivity index (χ4n) is 8.52. The van der Waals surface area contributed by atoms with E-state index >= 15 is 0 Å². The lowest BCUT2D eigenvalue weighted by atomic mass is 10.2. The van der Waals surface area contributed by atoms with Crippen molar-refractivity contribution >= 4 is 74.3 Å². The lowest BCUT2D eigenvalue weighted by Gasteiger charge is -2.42. The molecule has 0 bridgehead atoms. The highest BCUT2D eigenvalue weighted by atomic mass is 35.5. The van der Waals surface area contributed by atoms with Crippen LogP contribution in [0.4, 0.5) is 0 Å². The van der Waals surface area contributed by atoms with Gasteiger partial charge >= 0.3 is 15.7 Å². The van der Waals surface area contributed by atoms with Crippen LogP contribution in [0.3, 0.4) is 0 Å². The first kappa shape index (κ1) is 95.2. The van der Waals surface area contributed by atoms with Crippen LogP contribution in [0.1, 0.15) is 38.8 Å². The van der Waals surface area contributed by atoms with Crippen LogP contribution in [0.25, 0.3) is 0 Å². The molecule has 0 unspecified atom stereocenters. The molecule has 0 aromatic heterocycles. The average Bonchev–Trinajstić information content (AvgIpc) is 3.37. The van der Waals surface area contributed by atoms with E-state index in [1.807, 2.05) is 27.7 Å². The largest absolute Gasteiger partial charge is 1.00 e. The molecule has 0 heterocycles. The zero-order valence-corrected chi connectivity index (χ0v) is 73.0. The molecular formula is C54H135ClN22OP10. The monoisotopic (exact) mass is 1450 g/mol. The summed E-state index contributed by atoms with van der Waals surface area (Å²) >= 11 is 0. The standard InChI is InChI=1S/2C25H61N11P5.2C2H6.ClH.H2O/c2*1-30(2)38(17,31(3)4)27-40(26-37(14,15)16,28-39(18,32(5)6)33(7)8)29-41(34(9)10,35(11)12)36(13)24-25-22-20-19-21-23-25;2*1-2;;/h2*19-23H,24H2,1-18H3;2*1-2H3;1H;1H2/q2*+1;;;;/p-2. The molecule has 0 aliphatic carbocycles. The van der Waals surface area contributed by atoms with Gasteiger partial charge in [0.25, 0.3) is 0 Å². The second-order valence-corrected chi connectivity index (χ2v) is 60.7. The fourth-order valence-corrected chi connectivity index (χ4v) is 45.9. The highest BCUT2D eigenvalue weighted by Crippen LogP contribution is 2.86. The first-order chi connectivity index (χ1) is 39.0. The minimum absolute atomic E-state index is 0. The van der Waals surface area contributed by atoms with Crippen molar-refractivity contribution in [1.82, 2.24) is 65.4 Å². The molecule has 0 radical (unpaired) electrons. The second kappa shape index (κ2) is 39.9. The van der Waals surface area contributed by atoms with Gasteiger partial charge in [-0.1, -0.05) is 97.4 Å². The fraction of sp³-hybridized carbons (Fsp3) is 0.778. The van der Waals surface area contributed by atoms with E-state index in [0.717, 1.165) is 13.1 Å². The summed E-state index contributed by atoms with van der Waals surface area (Å²) in [6.07, 6.45) is 0. The number of nitrogens with zero attached hydrogens (tertiary/aromatic N) is 22. The Morgan fingerprint density at radius 2 is 0.443 bits per heavy atom. The van der Waals surface area contributed by atoms with Crippen LogP contribution in [-0.4, -0.2) is 321 Å². The zero-order chi connectivity index (χ0) is 68.4. The van der Waals surface area contributed by atoms with Gasteiger partial charge in [-0.2, -0.15) is 0 Å². The summed E-state index contributed by atoms with van der Waals surface area (Å²) in [6, 6.07) is 21.2. The molecule has 0 fully saturated rings. The number of hydrogen-bond donors (Lipinski definition) is 0. The van der Waals surface area contributed by atoms with Crippen molar-refractivity contribution in [3.63, 3.8) is 0 Å². The molecule has 1 N–H and O–H groups in total. The van der Waals surface area contributed by atoms with E-state index < -0.39 is 74.3 Å². The molecule has 0 saturated carbocycles. The van der Waals surface area contributed by atoms with Gasteiger partial charge in [0.1, 0.15) is 29.4 Å². The van der Waals surface area contributed by atoms with E-state index in [-0.39, 0.29) is 17.9 Å². The molecule has 524 valence electrons. The van der Waals surface area contributed by atoms with Crippen molar-refractivity contribution < 1.29 is 17.9 Å². The van der Waals surface area contributed by atoms with Crippen molar-refractivity contribution in [2.75, 3.05) is 250 Å². The van der Waals surface area contributed by atoms with E-state index in [0.29, 0.717) is 0 Å². The van der Waals surface area contributed by atoms with Crippen molar-refractivity contribution in [3.05, 3.63) is 71.8 Å². The predicted molar refractivity (Wildman–Crippen MR) is 413 cm³/mol. The molecule has 0 atom stereocenters. The van der Waals surface area contributed by atoms with E-state index in [1.54, 1.807) is 0 Å². The third-order valence-corrected chi connectivity index (χ3v) is 51.9. The Bertz CT molecular complexity index is 2480. The maximum Gasteiger partial charge on any atom is 0.496 e. The Balaban J connectivity index is -0.000000743. The van der Waals surface area contributed by atoms with Crippen molar-refractivity contribution in [2.45, 2.75) is 40.8 Å². The summed E-state index contributed by atoms with van der Waals surface area (Å²) in [7, 11) is 31.9. The molecule has 0 amide bonds. The van der Waals surface area contributed by atoms with Crippen LogP contribution in [0.5, 0.6) is 0 Å². The van der Waals surface area contributed by atoms with Gasteiger partial charge in [-0.25, -0.2) is 28.0 Å². The Morgan fingerprint density at radius 3 is 0.580 bits per heavy atom. The van der Waals surface area contributed by atoms with Crippen LogP contribution in [0.2, 0.25) is 0 Å². The van der Waals surface area contributed by atoms with E-state index in [2.05, 4.69) is 376 Å². The van der Waals surface area contributed by atoms with Crippen LogP contribution in [0.15, 0.2) is 96.8 Å². The van der Waals surface area contributed by atoms with Crippen molar-refractivity contribution in [3.8, 4) is 0 Å². The van der Waals surface area contributed by atoms with E-state index in [9.17, 15) is 0 Å². The maximum atomic E-state index is 6.00. The van der Waals surface area contributed by atoms with Crippen LogP contribution < -0.4 is 12.4 Å². The van der Waals surface area contributed by atoms with E-state index in [1.165, 1.54) is 11.1 Å². The van der Waals surface area contributed by atoms with Gasteiger partial charge in [0, 0.05) is 53.9 Å². The SMILES string of the molecule is CC.CC.CN(C)P(C)(=N[P+](N=P(C)(C)C)(N=P(C)(N(C)C)N(C)C)N=P(N(C)C)(N(C)C)N(C)Cc1ccccc1)N(C)C.CN(C)P(C)(=N[P+](N=P(C)(C)C)(N=P(C)(N(C)C)N(C)C)N=P(N(C)C)(N(C)C)N(C)Cc1ccccc1)N(C)C.[Cl-].[OH-]. The van der Waals surface area contributed by atoms with Crippen molar-refractivity contribution in [2.24, 2.45) is 36.1 Å². The summed E-state index contributed by atoms with van der Waals surface area (Å²) in [5, 5.41) is 0. The lowest BCUT2D eigenvalue weighted by molar-refractivity contribution is -0.0000224. The van der Waals surface area contributed by atoms with Gasteiger partial charge < -0.3 is 17.9 Å². The Kier molecular flexibility index (Phi) is 43.2. The molecular weight excluding hydrogens is 1320 g/mol.